The van der Waals surface area contributed by atoms with Crippen LogP contribution in [0.2, 0.25) is 0 Å². The molecular weight excluding hydrogens is 324 g/mol. The summed E-state index contributed by atoms with van der Waals surface area (Å²) in [5.41, 5.74) is 1.62. The molecule has 122 valence electrons. The van der Waals surface area contributed by atoms with Gasteiger partial charge in [-0.05, 0) is 47.7 Å². The Morgan fingerprint density at radius 3 is 2.33 bits per heavy atom. The third-order valence-corrected chi connectivity index (χ3v) is 4.22. The Kier molecular flexibility index (Phi) is 4.86. The number of amides is 1. The van der Waals surface area contributed by atoms with Crippen molar-refractivity contribution in [3.8, 4) is 11.5 Å². The third kappa shape index (κ3) is 3.78. The van der Waals surface area contributed by atoms with Crippen LogP contribution < -0.4 is 14.8 Å². The van der Waals surface area contributed by atoms with Crippen LogP contribution >= 0.6 is 11.8 Å². The van der Waals surface area contributed by atoms with Crippen molar-refractivity contribution in [2.75, 3.05) is 14.2 Å². The largest absolute Gasteiger partial charge is 0.497 e. The van der Waals surface area contributed by atoms with Gasteiger partial charge in [-0.2, -0.15) is 0 Å². The molecule has 1 saturated heterocycles. The lowest BCUT2D eigenvalue weighted by Crippen LogP contribution is -2.19. The highest BCUT2D eigenvalue weighted by Crippen LogP contribution is 2.30. The summed E-state index contributed by atoms with van der Waals surface area (Å²) < 4.78 is 10.5. The molecule has 0 spiro atoms. The Morgan fingerprint density at radius 2 is 1.71 bits per heavy atom. The van der Waals surface area contributed by atoms with Gasteiger partial charge in [0, 0.05) is 6.07 Å². The van der Waals surface area contributed by atoms with Gasteiger partial charge in [-0.25, -0.2) is 4.99 Å². The van der Waals surface area contributed by atoms with E-state index in [0.717, 1.165) is 11.3 Å². The minimum atomic E-state index is -0.170. The van der Waals surface area contributed by atoms with E-state index < -0.39 is 0 Å². The monoisotopic (exact) mass is 340 g/mol. The molecule has 3 rings (SSSR count). The van der Waals surface area contributed by atoms with Crippen LogP contribution in [0.25, 0.3) is 6.08 Å². The molecule has 2 aromatic carbocycles. The lowest BCUT2D eigenvalue weighted by atomic mass is 10.2. The number of ether oxygens (including phenoxy) is 2. The van der Waals surface area contributed by atoms with Crippen LogP contribution in [0.4, 0.5) is 5.69 Å². The maximum atomic E-state index is 12.1. The van der Waals surface area contributed by atoms with E-state index >= 15 is 0 Å². The van der Waals surface area contributed by atoms with Crippen LogP contribution in [0.5, 0.6) is 11.5 Å². The predicted octanol–water partition coefficient (Wildman–Crippen LogP) is 3.60. The highest BCUT2D eigenvalue weighted by Gasteiger charge is 2.23. The maximum absolute atomic E-state index is 12.1. The number of rotatable bonds is 4. The second-order valence-corrected chi connectivity index (χ2v) is 5.99. The number of benzene rings is 2. The predicted molar refractivity (Wildman–Crippen MR) is 96.8 cm³/mol. The summed E-state index contributed by atoms with van der Waals surface area (Å²) in [4.78, 5) is 17.1. The molecule has 1 heterocycles. The van der Waals surface area contributed by atoms with Gasteiger partial charge in [0.15, 0.2) is 5.17 Å². The number of hydrogen-bond donors (Lipinski definition) is 1. The number of amidine groups is 1. The SMILES string of the molecule is COc1cc(C=C2SC(=Nc3ccccc3)NC2=O)cc(OC)c1. The lowest BCUT2D eigenvalue weighted by Gasteiger charge is -2.06. The van der Waals surface area contributed by atoms with E-state index in [0.29, 0.717) is 21.6 Å². The zero-order valence-corrected chi connectivity index (χ0v) is 14.1. The van der Waals surface area contributed by atoms with Crippen LogP contribution in [-0.4, -0.2) is 25.3 Å². The quantitative estimate of drug-likeness (QED) is 0.864. The first-order valence-electron chi connectivity index (χ1n) is 7.25. The van der Waals surface area contributed by atoms with Crippen molar-refractivity contribution in [2.45, 2.75) is 0 Å². The zero-order chi connectivity index (χ0) is 16.9. The van der Waals surface area contributed by atoms with Crippen LogP contribution in [0.1, 0.15) is 5.56 Å². The minimum Gasteiger partial charge on any atom is -0.497 e. The Labute approximate surface area is 144 Å². The number of carbonyl (C=O) groups excluding carboxylic acids is 1. The molecule has 0 aromatic heterocycles. The van der Waals surface area contributed by atoms with Gasteiger partial charge in [-0.15, -0.1) is 0 Å². The summed E-state index contributed by atoms with van der Waals surface area (Å²) in [5.74, 6) is 1.17. The molecule has 24 heavy (non-hydrogen) atoms. The molecule has 0 radical (unpaired) electrons. The number of aliphatic imine (C=N–C) groups is 1. The molecule has 1 aliphatic rings. The van der Waals surface area contributed by atoms with Crippen molar-refractivity contribution in [2.24, 2.45) is 4.99 Å². The van der Waals surface area contributed by atoms with Crippen molar-refractivity contribution in [3.63, 3.8) is 0 Å². The number of methoxy groups -OCH3 is 2. The molecule has 2 aromatic rings. The van der Waals surface area contributed by atoms with E-state index in [1.54, 1.807) is 26.4 Å². The van der Waals surface area contributed by atoms with E-state index in [2.05, 4.69) is 10.3 Å². The highest BCUT2D eigenvalue weighted by atomic mass is 32.2. The van der Waals surface area contributed by atoms with Crippen molar-refractivity contribution >= 4 is 34.6 Å². The summed E-state index contributed by atoms with van der Waals surface area (Å²) in [6.45, 7) is 0. The standard InChI is InChI=1S/C18H16N2O3S/c1-22-14-8-12(9-15(11-14)23-2)10-16-17(21)20-18(24-16)19-13-6-4-3-5-7-13/h3-11H,1-2H3,(H,19,20,21). The first kappa shape index (κ1) is 16.1. The van der Waals surface area contributed by atoms with Crippen LogP contribution in [-0.2, 0) is 4.79 Å². The van der Waals surface area contributed by atoms with Crippen LogP contribution in [0.15, 0.2) is 58.4 Å². The number of thioether (sulfide) groups is 1. The van der Waals surface area contributed by atoms with Gasteiger partial charge in [0.2, 0.25) is 0 Å². The van der Waals surface area contributed by atoms with E-state index in [9.17, 15) is 4.79 Å². The fourth-order valence-electron chi connectivity index (χ4n) is 2.16. The average Bonchev–Trinajstić information content (AvgIpc) is 2.94. The van der Waals surface area contributed by atoms with Crippen molar-refractivity contribution in [1.29, 1.82) is 0 Å². The number of carbonyl (C=O) groups is 1. The average molecular weight is 340 g/mol. The normalized spacial score (nSPS) is 17.2. The molecule has 1 N–H and O–H groups in total. The van der Waals surface area contributed by atoms with E-state index in [4.69, 9.17) is 9.47 Å². The molecule has 1 aliphatic heterocycles. The zero-order valence-electron chi connectivity index (χ0n) is 13.3. The molecule has 0 saturated carbocycles. The fraction of sp³-hybridized carbons (Fsp3) is 0.111. The van der Waals surface area contributed by atoms with Gasteiger partial charge in [-0.3, -0.25) is 4.79 Å². The second-order valence-electron chi connectivity index (χ2n) is 4.96. The van der Waals surface area contributed by atoms with Crippen molar-refractivity contribution < 1.29 is 14.3 Å². The Balaban J connectivity index is 1.86. The Morgan fingerprint density at radius 1 is 1.04 bits per heavy atom. The van der Waals surface area contributed by atoms with Crippen LogP contribution in [0, 0.1) is 0 Å². The third-order valence-electron chi connectivity index (χ3n) is 3.31. The van der Waals surface area contributed by atoms with Gasteiger partial charge in [0.05, 0.1) is 24.8 Å². The van der Waals surface area contributed by atoms with Gasteiger partial charge >= 0.3 is 0 Å². The molecule has 6 heteroatoms. The number of para-hydroxylation sites is 1. The summed E-state index contributed by atoms with van der Waals surface area (Å²) in [6, 6.07) is 15.0. The second kappa shape index (κ2) is 7.23. The summed E-state index contributed by atoms with van der Waals surface area (Å²) in [5, 5.41) is 3.34. The van der Waals surface area contributed by atoms with E-state index in [1.165, 1.54) is 11.8 Å². The van der Waals surface area contributed by atoms with E-state index in [-0.39, 0.29) is 5.91 Å². The van der Waals surface area contributed by atoms with Crippen LogP contribution in [0.3, 0.4) is 0 Å². The Bertz CT molecular complexity index is 794. The number of hydrogen-bond acceptors (Lipinski definition) is 5. The number of nitrogens with zero attached hydrogens (tertiary/aromatic N) is 1. The van der Waals surface area contributed by atoms with Gasteiger partial charge in [-0.1, -0.05) is 18.2 Å². The molecule has 1 fully saturated rings. The summed E-state index contributed by atoms with van der Waals surface area (Å²) >= 11 is 1.30. The smallest absolute Gasteiger partial charge is 0.264 e. The first-order chi connectivity index (χ1) is 11.7. The summed E-state index contributed by atoms with van der Waals surface area (Å²) in [6.07, 6.45) is 1.79. The topological polar surface area (TPSA) is 59.9 Å². The fourth-order valence-corrected chi connectivity index (χ4v) is 3.01. The molecule has 0 unspecified atom stereocenters. The lowest BCUT2D eigenvalue weighted by molar-refractivity contribution is -0.115. The minimum absolute atomic E-state index is 0.170. The highest BCUT2D eigenvalue weighted by molar-refractivity contribution is 8.18. The van der Waals surface area contributed by atoms with Crippen molar-refractivity contribution in [1.82, 2.24) is 5.32 Å². The number of nitrogens with one attached hydrogen (secondary N) is 1. The van der Waals surface area contributed by atoms with Gasteiger partial charge < -0.3 is 14.8 Å². The Hall–Kier alpha value is -2.73. The molecule has 5 nitrogen and oxygen atoms in total. The molecular formula is C18H16N2O3S. The van der Waals surface area contributed by atoms with Gasteiger partial charge in [0.25, 0.3) is 5.91 Å². The molecule has 0 aliphatic carbocycles. The van der Waals surface area contributed by atoms with Crippen molar-refractivity contribution in [3.05, 3.63) is 59.0 Å². The van der Waals surface area contributed by atoms with Gasteiger partial charge in [0.1, 0.15) is 11.5 Å². The summed E-state index contributed by atoms with van der Waals surface area (Å²) in [7, 11) is 3.18. The van der Waals surface area contributed by atoms with E-state index in [1.807, 2.05) is 42.5 Å². The molecule has 0 atom stereocenters. The maximum Gasteiger partial charge on any atom is 0.264 e. The molecule has 1 amide bonds. The first-order valence-corrected chi connectivity index (χ1v) is 8.07. The molecule has 0 bridgehead atoms.